The van der Waals surface area contributed by atoms with E-state index in [9.17, 15) is 13.2 Å². The Bertz CT molecular complexity index is 711. The van der Waals surface area contributed by atoms with Crippen LogP contribution < -0.4 is 9.46 Å². The molecule has 0 unspecified atom stereocenters. The first-order chi connectivity index (χ1) is 10.8. The number of ether oxygens (including phenoxy) is 1. The molecule has 1 aromatic rings. The molecule has 0 saturated heterocycles. The lowest BCUT2D eigenvalue weighted by molar-refractivity contribution is -0.134. The molecule has 1 aromatic carbocycles. The average Bonchev–Trinajstić information content (AvgIpc) is 2.34. The number of methoxy groups -OCH3 is 1. The van der Waals surface area contributed by atoms with E-state index in [4.69, 9.17) is 9.84 Å². The van der Waals surface area contributed by atoms with Crippen molar-refractivity contribution in [3.05, 3.63) is 18.2 Å². The van der Waals surface area contributed by atoms with Crippen molar-refractivity contribution in [2.24, 2.45) is 0 Å². The summed E-state index contributed by atoms with van der Waals surface area (Å²) in [5.41, 5.74) is 0.332. The lowest BCUT2D eigenvalue weighted by Gasteiger charge is -2.36. The number of carboxylic acid groups (broad SMARTS) is 1. The maximum atomic E-state index is 11.8. The smallest absolute Gasteiger partial charge is 0.320 e. The van der Waals surface area contributed by atoms with Gasteiger partial charge in [-0.1, -0.05) is 33.9 Å². The molecule has 2 N–H and O–H groups in total. The van der Waals surface area contributed by atoms with Gasteiger partial charge in [0.05, 0.1) is 7.11 Å². The van der Waals surface area contributed by atoms with E-state index < -0.39 is 29.0 Å². The van der Waals surface area contributed by atoms with Crippen LogP contribution in [0.5, 0.6) is 5.75 Å². The summed E-state index contributed by atoms with van der Waals surface area (Å²) in [6.45, 7) is 11.1. The summed E-state index contributed by atoms with van der Waals surface area (Å²) >= 11 is 1.72. The van der Waals surface area contributed by atoms with E-state index in [1.807, 2.05) is 0 Å². The number of hydrogen-bond acceptors (Lipinski definition) is 5. The highest BCUT2D eigenvalue weighted by Crippen LogP contribution is 2.48. The van der Waals surface area contributed by atoms with Crippen molar-refractivity contribution in [2.75, 3.05) is 17.6 Å². The van der Waals surface area contributed by atoms with Crippen LogP contribution in [-0.2, 0) is 14.8 Å². The summed E-state index contributed by atoms with van der Waals surface area (Å²) in [6, 6.07) is 4.95. The third-order valence-corrected chi connectivity index (χ3v) is 13.8. The second-order valence-electron chi connectivity index (χ2n) is 6.98. The van der Waals surface area contributed by atoms with Gasteiger partial charge in [0, 0.05) is 10.6 Å². The van der Waals surface area contributed by atoms with Gasteiger partial charge in [0.15, 0.2) is 5.75 Å². The largest absolute Gasteiger partial charge is 0.496 e. The Morgan fingerprint density at radius 1 is 1.33 bits per heavy atom. The maximum Gasteiger partial charge on any atom is 0.320 e. The lowest BCUT2D eigenvalue weighted by Crippen LogP contribution is -2.33. The van der Waals surface area contributed by atoms with Crippen LogP contribution in [0.2, 0.25) is 18.1 Å². The highest BCUT2D eigenvalue weighted by atomic mass is 32.4. The van der Waals surface area contributed by atoms with Crippen molar-refractivity contribution >= 4 is 40.1 Å². The predicted molar refractivity (Wildman–Crippen MR) is 101 cm³/mol. The lowest BCUT2D eigenvalue weighted by atomic mass is 10.2. The number of anilines is 1. The molecule has 0 aromatic heterocycles. The van der Waals surface area contributed by atoms with E-state index in [0.717, 1.165) is 4.90 Å². The standard InChI is InChI=1S/C15H25NO5S2Si/c1-15(2,3)24(5,6)22-13-9-11(7-8-12(13)21-4)16-23(19,20)10-14(17)18/h7-9,16H,10H2,1-6H3,(H,17,18). The molecule has 6 nitrogen and oxygen atoms in total. The molecule has 0 heterocycles. The molecule has 0 aliphatic rings. The Morgan fingerprint density at radius 3 is 2.38 bits per heavy atom. The quantitative estimate of drug-likeness (QED) is 0.690. The van der Waals surface area contributed by atoms with Gasteiger partial charge in [0.1, 0.15) is 13.0 Å². The topological polar surface area (TPSA) is 92.7 Å². The third kappa shape index (κ3) is 5.71. The normalized spacial score (nSPS) is 12.8. The summed E-state index contributed by atoms with van der Waals surface area (Å²) in [7, 11) is -4.10. The third-order valence-electron chi connectivity index (χ3n) is 3.92. The van der Waals surface area contributed by atoms with Crippen LogP contribution in [-0.4, -0.2) is 39.6 Å². The monoisotopic (exact) mass is 391 g/mol. The molecule has 0 aliphatic carbocycles. The fourth-order valence-corrected chi connectivity index (χ4v) is 6.85. The summed E-state index contributed by atoms with van der Waals surface area (Å²) < 4.78 is 31.3. The van der Waals surface area contributed by atoms with Crippen molar-refractivity contribution in [3.63, 3.8) is 0 Å². The summed E-state index contributed by atoms with van der Waals surface area (Å²) in [5, 5.41) is 8.81. The molecular formula is C15H25NO5S2Si. The number of carbonyl (C=O) groups is 1. The minimum absolute atomic E-state index is 0.140. The van der Waals surface area contributed by atoms with Gasteiger partial charge in [-0.05, 0) is 23.2 Å². The van der Waals surface area contributed by atoms with Gasteiger partial charge in [-0.2, -0.15) is 0 Å². The Labute approximate surface area is 148 Å². The molecule has 1 rings (SSSR count). The fourth-order valence-electron chi connectivity index (χ4n) is 1.63. The number of benzene rings is 1. The van der Waals surface area contributed by atoms with Gasteiger partial charge in [-0.25, -0.2) is 8.42 Å². The van der Waals surface area contributed by atoms with Gasteiger partial charge in [0.2, 0.25) is 10.0 Å². The molecular weight excluding hydrogens is 366 g/mol. The molecule has 9 heteroatoms. The first kappa shape index (κ1) is 20.9. The van der Waals surface area contributed by atoms with Gasteiger partial charge in [-0.3, -0.25) is 9.52 Å². The van der Waals surface area contributed by atoms with Crippen LogP contribution in [0.15, 0.2) is 23.1 Å². The average molecular weight is 392 g/mol. The van der Waals surface area contributed by atoms with E-state index in [-0.39, 0.29) is 5.04 Å². The van der Waals surface area contributed by atoms with Crippen molar-refractivity contribution in [3.8, 4) is 5.75 Å². The van der Waals surface area contributed by atoms with E-state index in [0.29, 0.717) is 11.4 Å². The zero-order chi connectivity index (χ0) is 18.8. The van der Waals surface area contributed by atoms with E-state index in [2.05, 4.69) is 38.6 Å². The zero-order valence-corrected chi connectivity index (χ0v) is 17.5. The van der Waals surface area contributed by atoms with Gasteiger partial charge >= 0.3 is 5.97 Å². The van der Waals surface area contributed by atoms with Gasteiger partial charge < -0.3 is 9.84 Å². The van der Waals surface area contributed by atoms with Crippen LogP contribution in [0.3, 0.4) is 0 Å². The number of hydrogen-bond donors (Lipinski definition) is 2. The SMILES string of the molecule is COc1ccc(NS(=O)(=O)CC(=O)O)cc1S[Si](C)(C)C(C)(C)C. The van der Waals surface area contributed by atoms with Crippen molar-refractivity contribution in [2.45, 2.75) is 43.8 Å². The molecule has 0 atom stereocenters. The number of nitrogens with one attached hydrogen (secondary N) is 1. The molecule has 0 spiro atoms. The van der Waals surface area contributed by atoms with Gasteiger partial charge in [0.25, 0.3) is 0 Å². The van der Waals surface area contributed by atoms with Crippen LogP contribution in [0.4, 0.5) is 5.69 Å². The minimum Gasteiger partial charge on any atom is -0.496 e. The van der Waals surface area contributed by atoms with Crippen LogP contribution >= 0.6 is 11.2 Å². The summed E-state index contributed by atoms with van der Waals surface area (Å²) in [5.74, 6) is -1.69. The molecule has 0 fully saturated rings. The highest BCUT2D eigenvalue weighted by molar-refractivity contribution is 8.29. The number of rotatable bonds is 7. The molecule has 136 valence electrons. The molecule has 0 aliphatic heterocycles. The van der Waals surface area contributed by atoms with Crippen molar-refractivity contribution in [1.82, 2.24) is 0 Å². The number of aliphatic carboxylic acids is 1. The van der Waals surface area contributed by atoms with Crippen LogP contribution in [0.25, 0.3) is 0 Å². The molecule has 0 saturated carbocycles. The first-order valence-corrected chi connectivity index (χ1v) is 13.6. The van der Waals surface area contributed by atoms with Gasteiger partial charge in [-0.15, -0.1) is 11.2 Å². The molecule has 0 amide bonds. The maximum absolute atomic E-state index is 11.8. The highest BCUT2D eigenvalue weighted by Gasteiger charge is 2.37. The Kier molecular flexibility index (Phi) is 6.40. The number of carboxylic acids is 1. The second-order valence-corrected chi connectivity index (χ2v) is 17.5. The molecule has 24 heavy (non-hydrogen) atoms. The Morgan fingerprint density at radius 2 is 1.92 bits per heavy atom. The fraction of sp³-hybridized carbons (Fsp3) is 0.533. The Balaban J connectivity index is 3.16. The molecule has 0 radical (unpaired) electrons. The van der Waals surface area contributed by atoms with E-state index >= 15 is 0 Å². The minimum atomic E-state index is -3.93. The van der Waals surface area contributed by atoms with E-state index in [1.54, 1.807) is 36.5 Å². The number of sulfonamides is 1. The zero-order valence-electron chi connectivity index (χ0n) is 14.8. The molecule has 0 bridgehead atoms. The Hall–Kier alpha value is -1.19. The first-order valence-electron chi connectivity index (χ1n) is 7.37. The van der Waals surface area contributed by atoms with E-state index in [1.165, 1.54) is 0 Å². The summed E-state index contributed by atoms with van der Waals surface area (Å²) in [6.07, 6.45) is 0. The predicted octanol–water partition coefficient (Wildman–Crippen LogP) is 3.62. The second kappa shape index (κ2) is 7.36. The van der Waals surface area contributed by atoms with Crippen LogP contribution in [0, 0.1) is 0 Å². The van der Waals surface area contributed by atoms with Crippen LogP contribution in [0.1, 0.15) is 20.8 Å². The van der Waals surface area contributed by atoms with Crippen molar-refractivity contribution in [1.29, 1.82) is 0 Å². The van der Waals surface area contributed by atoms with Crippen molar-refractivity contribution < 1.29 is 23.1 Å². The summed E-state index contributed by atoms with van der Waals surface area (Å²) in [4.78, 5) is 11.5.